The summed E-state index contributed by atoms with van der Waals surface area (Å²) in [7, 11) is 0. The van der Waals surface area contributed by atoms with Gasteiger partial charge in [-0.05, 0) is 114 Å². The van der Waals surface area contributed by atoms with Crippen molar-refractivity contribution in [2.75, 3.05) is 13.2 Å². The lowest BCUT2D eigenvalue weighted by atomic mass is 9.50. The van der Waals surface area contributed by atoms with Gasteiger partial charge in [-0.1, -0.05) is 5.92 Å². The van der Waals surface area contributed by atoms with Gasteiger partial charge >= 0.3 is 35.7 Å². The third kappa shape index (κ3) is 7.03. The molecular formula is C34H44F4O8. The van der Waals surface area contributed by atoms with Crippen molar-refractivity contribution in [3.63, 3.8) is 0 Å². The number of ether oxygens (including phenoxy) is 4. The highest BCUT2D eigenvalue weighted by molar-refractivity contribution is 5.81. The summed E-state index contributed by atoms with van der Waals surface area (Å²) >= 11 is 0. The van der Waals surface area contributed by atoms with Crippen LogP contribution in [-0.4, -0.2) is 60.1 Å². The molecule has 8 aliphatic carbocycles. The van der Waals surface area contributed by atoms with Crippen LogP contribution in [-0.2, 0) is 38.1 Å². The van der Waals surface area contributed by atoms with E-state index in [0.717, 1.165) is 63.2 Å². The van der Waals surface area contributed by atoms with Gasteiger partial charge in [0.2, 0.25) is 0 Å². The molecule has 0 unspecified atom stereocenters. The molecule has 0 amide bonds. The number of hydrogen-bond donors (Lipinski definition) is 0. The molecule has 0 heterocycles. The number of esters is 4. The van der Waals surface area contributed by atoms with Gasteiger partial charge in [0.15, 0.2) is 18.8 Å². The second-order valence-corrected chi connectivity index (χ2v) is 14.8. The van der Waals surface area contributed by atoms with Gasteiger partial charge in [-0.2, -0.15) is 17.6 Å². The fraction of sp³-hybridized carbons (Fsp3) is 0.824. The molecule has 0 N–H and O–H groups in total. The minimum atomic E-state index is -3.62. The molecule has 8 saturated carbocycles. The molecule has 0 aromatic heterocycles. The molecule has 8 rings (SSSR count). The maximum atomic E-state index is 12.8. The second kappa shape index (κ2) is 12.6. The van der Waals surface area contributed by atoms with Gasteiger partial charge < -0.3 is 18.9 Å². The number of halogens is 4. The maximum Gasteiger partial charge on any atom is 0.377 e. The Balaban J connectivity index is 0.000000182. The van der Waals surface area contributed by atoms with E-state index in [1.54, 1.807) is 6.92 Å². The molecule has 8 aliphatic rings. The van der Waals surface area contributed by atoms with Crippen molar-refractivity contribution < 1.29 is 55.7 Å². The number of hydrogen-bond acceptors (Lipinski definition) is 8. The Bertz CT molecular complexity index is 1220. The number of carbonyl (C=O) groups is 4. The summed E-state index contributed by atoms with van der Waals surface area (Å²) in [5.74, 6) is -2.28. The van der Waals surface area contributed by atoms with Gasteiger partial charge in [-0.15, -0.1) is 5.92 Å². The lowest BCUT2D eigenvalue weighted by Crippen LogP contribution is -2.59. The van der Waals surface area contributed by atoms with Crippen LogP contribution >= 0.6 is 0 Å². The maximum absolute atomic E-state index is 12.8. The molecule has 8 nitrogen and oxygen atoms in total. The smallest absolute Gasteiger partial charge is 0.377 e. The summed E-state index contributed by atoms with van der Waals surface area (Å²) in [6.45, 7) is 2.99. The van der Waals surface area contributed by atoms with Crippen LogP contribution in [0.5, 0.6) is 0 Å². The lowest BCUT2D eigenvalue weighted by molar-refractivity contribution is -0.209. The highest BCUT2D eigenvalue weighted by Gasteiger charge is 2.59. The molecule has 46 heavy (non-hydrogen) atoms. The zero-order chi connectivity index (χ0) is 33.7. The summed E-state index contributed by atoms with van der Waals surface area (Å²) in [5, 5.41) is 0. The highest BCUT2D eigenvalue weighted by atomic mass is 19.3. The Morgan fingerprint density at radius 2 is 0.978 bits per heavy atom. The van der Waals surface area contributed by atoms with E-state index in [-0.39, 0.29) is 11.8 Å². The van der Waals surface area contributed by atoms with Crippen LogP contribution in [0.15, 0.2) is 0 Å². The van der Waals surface area contributed by atoms with Crippen LogP contribution in [0.25, 0.3) is 0 Å². The van der Waals surface area contributed by atoms with Crippen LogP contribution in [0.4, 0.5) is 17.6 Å². The fourth-order valence-electron chi connectivity index (χ4n) is 9.76. The lowest BCUT2D eigenvalue weighted by Gasteiger charge is -2.59. The summed E-state index contributed by atoms with van der Waals surface area (Å²) in [5.41, 5.74) is -1.38. The normalized spacial score (nSPS) is 38.1. The standard InChI is InChI=1S/C18H22F2O4.C16H22F2O4/c1-3-4-18(24-15(21)10-23-16(22)17(2,19)20)13-6-11-5-12(8-13)9-14(18)7-11;1-15(22-13(19)8-21-14(20)16(2,17)18)11-4-9-3-10(6-11)7-12(15)5-9/h11-14H,5-10H2,1-2H3;9-12H,3-8H2,1-2H3. The first kappa shape index (κ1) is 34.5. The van der Waals surface area contributed by atoms with E-state index in [1.165, 1.54) is 12.8 Å². The fourth-order valence-corrected chi connectivity index (χ4v) is 9.76. The number of rotatable bonds is 8. The van der Waals surface area contributed by atoms with Crippen molar-refractivity contribution in [3.05, 3.63) is 0 Å². The first-order valence-electron chi connectivity index (χ1n) is 16.4. The van der Waals surface area contributed by atoms with E-state index < -0.39 is 60.1 Å². The molecule has 256 valence electrons. The van der Waals surface area contributed by atoms with Gasteiger partial charge in [0, 0.05) is 25.7 Å². The molecule has 0 aromatic carbocycles. The van der Waals surface area contributed by atoms with Gasteiger partial charge in [0.05, 0.1) is 0 Å². The van der Waals surface area contributed by atoms with Crippen LogP contribution in [0.2, 0.25) is 0 Å². The van der Waals surface area contributed by atoms with Gasteiger partial charge in [-0.25, -0.2) is 19.2 Å². The molecule has 0 atom stereocenters. The van der Waals surface area contributed by atoms with Crippen LogP contribution in [0, 0.1) is 59.2 Å². The van der Waals surface area contributed by atoms with Gasteiger partial charge in [0.25, 0.3) is 0 Å². The first-order chi connectivity index (χ1) is 21.4. The average molecular weight is 657 g/mol. The Morgan fingerprint density at radius 3 is 1.33 bits per heavy atom. The molecule has 12 heteroatoms. The van der Waals surface area contributed by atoms with E-state index >= 15 is 0 Å². The number of alkyl halides is 4. The minimum absolute atomic E-state index is 0.188. The van der Waals surface area contributed by atoms with Gasteiger partial charge in [-0.3, -0.25) is 0 Å². The second-order valence-electron chi connectivity index (χ2n) is 14.8. The van der Waals surface area contributed by atoms with Crippen molar-refractivity contribution in [2.24, 2.45) is 47.3 Å². The zero-order valence-electron chi connectivity index (χ0n) is 26.9. The quantitative estimate of drug-likeness (QED) is 0.138. The Labute approximate surface area is 267 Å². The van der Waals surface area contributed by atoms with Gasteiger partial charge in [0.1, 0.15) is 5.60 Å². The highest BCUT2D eigenvalue weighted by Crippen LogP contribution is 2.60. The van der Waals surface area contributed by atoms with Crippen molar-refractivity contribution in [2.45, 2.75) is 115 Å². The van der Waals surface area contributed by atoms with E-state index in [9.17, 15) is 36.7 Å². The van der Waals surface area contributed by atoms with E-state index in [0.29, 0.717) is 37.5 Å². The monoisotopic (exact) mass is 656 g/mol. The van der Waals surface area contributed by atoms with Crippen LogP contribution in [0.3, 0.4) is 0 Å². The minimum Gasteiger partial charge on any atom is -0.456 e. The van der Waals surface area contributed by atoms with Crippen LogP contribution < -0.4 is 0 Å². The molecule has 0 saturated heterocycles. The molecule has 8 fully saturated rings. The molecular weight excluding hydrogens is 612 g/mol. The largest absolute Gasteiger partial charge is 0.456 e. The first-order valence-corrected chi connectivity index (χ1v) is 16.4. The van der Waals surface area contributed by atoms with E-state index in [2.05, 4.69) is 21.3 Å². The Hall–Kier alpha value is -2.84. The van der Waals surface area contributed by atoms with Crippen molar-refractivity contribution >= 4 is 23.9 Å². The third-order valence-electron chi connectivity index (χ3n) is 11.4. The summed E-state index contributed by atoms with van der Waals surface area (Å²) in [6, 6.07) is 0. The Morgan fingerprint density at radius 1 is 0.630 bits per heavy atom. The van der Waals surface area contributed by atoms with E-state index in [4.69, 9.17) is 9.47 Å². The molecule has 0 aliphatic heterocycles. The predicted molar refractivity (Wildman–Crippen MR) is 154 cm³/mol. The van der Waals surface area contributed by atoms with Crippen LogP contribution in [0.1, 0.15) is 91.9 Å². The van der Waals surface area contributed by atoms with Crippen molar-refractivity contribution in [1.82, 2.24) is 0 Å². The summed E-state index contributed by atoms with van der Waals surface area (Å²) in [6.07, 6.45) is 10.8. The zero-order valence-corrected chi connectivity index (χ0v) is 26.9. The molecule has 0 spiro atoms. The molecule has 8 bridgehead atoms. The number of carbonyl (C=O) groups excluding carboxylic acids is 4. The van der Waals surface area contributed by atoms with Crippen molar-refractivity contribution in [1.29, 1.82) is 0 Å². The SMILES string of the molecule is CC#CC1(OC(=O)COC(=O)C(C)(F)F)C2CC3CC(C2)CC1C3.CC(F)(F)C(=O)OCC(=O)OC1(C)C2CC3CC(C2)CC1C3. The topological polar surface area (TPSA) is 105 Å². The predicted octanol–water partition coefficient (Wildman–Crippen LogP) is 5.89. The third-order valence-corrected chi connectivity index (χ3v) is 11.4. The summed E-state index contributed by atoms with van der Waals surface area (Å²) < 4.78 is 71.1. The van der Waals surface area contributed by atoms with E-state index in [1.807, 2.05) is 6.92 Å². The van der Waals surface area contributed by atoms with Crippen molar-refractivity contribution in [3.8, 4) is 11.8 Å². The summed E-state index contributed by atoms with van der Waals surface area (Å²) in [4.78, 5) is 46.2. The molecule has 0 radical (unpaired) electrons. The Kier molecular flexibility index (Phi) is 9.48. The molecule has 0 aromatic rings. The average Bonchev–Trinajstić information content (AvgIpc) is 2.95.